The molecule has 0 aliphatic carbocycles. The standard InChI is InChI=1S/C64H88N4O25.2CHNO/c1-10-49(69)84-39-62(40-85-50(70)11-2,41-86-51(71)12-3)37-82-35-29-23-21-27-33-67-59(79)66(32-26-20-19-25-31-65-58(78)93-48-64(45-90-55(75)16-7,46-91-56(76)17-8)47-92-57(77)18-9)60(80)68(61(67)81)34-28-22-24-30-36-83-38-63(42-87-52(72)13-4,43-88-53(73)14-5)44-89-54(74)15-6;2*2-1-3/h10-18H,1-9,19-48H2,(H,65,78);2*2H. The molecular weight excluding hydrogens is 1310 g/mol. The molecule has 0 aliphatic heterocycles. The van der Waals surface area contributed by atoms with Crippen LogP contribution in [0.25, 0.3) is 0 Å². The molecule has 0 saturated carbocycles. The van der Waals surface area contributed by atoms with E-state index in [-0.39, 0.29) is 92.2 Å². The molecule has 1 amide bonds. The van der Waals surface area contributed by atoms with E-state index < -0.39 is 120 Å². The molecule has 546 valence electrons. The second-order valence-corrected chi connectivity index (χ2v) is 21.2. The van der Waals surface area contributed by atoms with Crippen molar-refractivity contribution >= 4 is 72.0 Å². The first kappa shape index (κ1) is 90.3. The summed E-state index contributed by atoms with van der Waals surface area (Å²) in [5.41, 5.74) is -6.63. The molecule has 0 unspecified atom stereocenters. The van der Waals surface area contributed by atoms with E-state index in [1.54, 1.807) is 0 Å². The number of isocyanates is 2. The van der Waals surface area contributed by atoms with E-state index in [1.165, 1.54) is 0 Å². The van der Waals surface area contributed by atoms with Crippen molar-refractivity contribution in [3.05, 3.63) is 145 Å². The number of aromatic nitrogens is 3. The minimum Gasteiger partial charge on any atom is -0.462 e. The number of hydrogen-bond donors (Lipinski definition) is 3. The molecule has 99 heavy (non-hydrogen) atoms. The highest BCUT2D eigenvalue weighted by atomic mass is 16.6. The van der Waals surface area contributed by atoms with Crippen molar-refractivity contribution in [2.24, 2.45) is 16.2 Å². The van der Waals surface area contributed by atoms with Gasteiger partial charge in [0.2, 0.25) is 12.2 Å². The molecule has 0 spiro atoms. The number of amides is 1. The second kappa shape index (κ2) is 54.4. The normalized spacial score (nSPS) is 10.5. The number of nitrogens with zero attached hydrogens (tertiary/aromatic N) is 3. The van der Waals surface area contributed by atoms with E-state index in [4.69, 9.17) is 77.2 Å². The first-order chi connectivity index (χ1) is 47.3. The van der Waals surface area contributed by atoms with Crippen LogP contribution in [-0.2, 0) is 129 Å². The average molecular weight is 1400 g/mol. The first-order valence-corrected chi connectivity index (χ1v) is 30.6. The summed E-state index contributed by atoms with van der Waals surface area (Å²) in [7, 11) is 0. The Morgan fingerprint density at radius 2 is 0.515 bits per heavy atom. The van der Waals surface area contributed by atoms with E-state index in [2.05, 4.69) is 64.5 Å². The Bertz CT molecular complexity index is 2820. The van der Waals surface area contributed by atoms with Gasteiger partial charge in [-0.15, -0.1) is 0 Å². The fourth-order valence-corrected chi connectivity index (χ4v) is 8.00. The molecule has 0 saturated heterocycles. The summed E-state index contributed by atoms with van der Waals surface area (Å²) in [6, 6.07) is 0. The van der Waals surface area contributed by atoms with Crippen molar-refractivity contribution in [1.29, 1.82) is 10.8 Å². The Kier molecular flexibility index (Phi) is 49.6. The van der Waals surface area contributed by atoms with Gasteiger partial charge in [-0.25, -0.2) is 96.4 Å². The maximum absolute atomic E-state index is 14.0. The van der Waals surface area contributed by atoms with Gasteiger partial charge in [0.15, 0.2) is 0 Å². The maximum Gasteiger partial charge on any atom is 0.407 e. The third-order valence-corrected chi connectivity index (χ3v) is 13.3. The number of carbonyl (C=O) groups excluding carboxylic acids is 12. The average Bonchev–Trinajstić information content (AvgIpc) is 0.788. The largest absolute Gasteiger partial charge is 0.462 e. The van der Waals surface area contributed by atoms with Gasteiger partial charge < -0.3 is 62.2 Å². The molecule has 0 atom stereocenters. The molecule has 1 aromatic heterocycles. The number of hydrogen-bond acceptors (Lipinski definition) is 29. The summed E-state index contributed by atoms with van der Waals surface area (Å²) in [5, 5.41) is 13.4. The minimum absolute atomic E-state index is 0.0477. The molecule has 33 nitrogen and oxygen atoms in total. The van der Waals surface area contributed by atoms with Gasteiger partial charge in [0, 0.05) is 94.1 Å². The lowest BCUT2D eigenvalue weighted by Crippen LogP contribution is -2.54. The number of esters is 9. The highest BCUT2D eigenvalue weighted by molar-refractivity contribution is 5.84. The molecular formula is C66H90N6O27. The first-order valence-electron chi connectivity index (χ1n) is 30.6. The minimum atomic E-state index is -1.55. The van der Waals surface area contributed by atoms with Crippen LogP contribution in [0, 0.1) is 27.1 Å². The van der Waals surface area contributed by atoms with E-state index in [0.29, 0.717) is 77.0 Å². The van der Waals surface area contributed by atoms with Crippen LogP contribution in [0.1, 0.15) is 77.0 Å². The van der Waals surface area contributed by atoms with Crippen LogP contribution in [0.15, 0.2) is 128 Å². The van der Waals surface area contributed by atoms with Gasteiger partial charge in [-0.1, -0.05) is 97.7 Å². The van der Waals surface area contributed by atoms with Gasteiger partial charge in [-0.2, -0.15) is 0 Å². The zero-order valence-corrected chi connectivity index (χ0v) is 55.6. The summed E-state index contributed by atoms with van der Waals surface area (Å²) in [5.74, 6) is -7.29. The third-order valence-electron chi connectivity index (χ3n) is 13.3. The van der Waals surface area contributed by atoms with E-state index in [9.17, 15) is 62.3 Å². The summed E-state index contributed by atoms with van der Waals surface area (Å²) in [6.07, 6.45) is 14.1. The lowest BCUT2D eigenvalue weighted by molar-refractivity contribution is -0.163. The van der Waals surface area contributed by atoms with E-state index >= 15 is 0 Å². The lowest BCUT2D eigenvalue weighted by atomic mass is 9.92. The topological polar surface area (TPSA) is 441 Å². The molecule has 0 fully saturated rings. The van der Waals surface area contributed by atoms with Crippen molar-refractivity contribution < 1.29 is 114 Å². The molecule has 3 N–H and O–H groups in total. The summed E-state index contributed by atoms with van der Waals surface area (Å²) < 4.78 is 67.1. The lowest BCUT2D eigenvalue weighted by Gasteiger charge is -2.31. The number of alkyl carbamates (subject to hydrolysis) is 1. The zero-order valence-electron chi connectivity index (χ0n) is 55.6. The Hall–Kier alpha value is -10.8. The smallest absolute Gasteiger partial charge is 0.407 e. The molecule has 0 bridgehead atoms. The van der Waals surface area contributed by atoms with Crippen LogP contribution < -0.4 is 22.4 Å². The van der Waals surface area contributed by atoms with Gasteiger partial charge in [0.25, 0.3) is 0 Å². The monoisotopic (exact) mass is 1400 g/mol. The predicted octanol–water partition coefficient (Wildman–Crippen LogP) is 3.94. The second-order valence-electron chi connectivity index (χ2n) is 21.2. The van der Waals surface area contributed by atoms with Crippen molar-refractivity contribution in [2.45, 2.75) is 96.7 Å². The van der Waals surface area contributed by atoms with Crippen LogP contribution >= 0.6 is 0 Å². The van der Waals surface area contributed by atoms with Crippen LogP contribution in [0.5, 0.6) is 0 Å². The number of unbranched alkanes of at least 4 members (excludes halogenated alkanes) is 9. The summed E-state index contributed by atoms with van der Waals surface area (Å²) >= 11 is 0. The van der Waals surface area contributed by atoms with Gasteiger partial charge in [0.1, 0.15) is 71.5 Å². The highest BCUT2D eigenvalue weighted by Crippen LogP contribution is 2.25. The number of nitrogens with one attached hydrogen (secondary N) is 3. The summed E-state index contributed by atoms with van der Waals surface area (Å²) in [4.78, 5) is 179. The third kappa shape index (κ3) is 40.4. The Morgan fingerprint density at radius 3 is 0.737 bits per heavy atom. The maximum atomic E-state index is 14.0. The summed E-state index contributed by atoms with van der Waals surface area (Å²) in [6.45, 7) is 25.7. The SMILES string of the molecule is C=CC(=O)OCC(COCCCCCCn1c(=O)n(CCCCCCNC(=O)OCC(COC(=O)C=C)(COC(=O)C=C)COC(=O)C=C)c(=O)n(CCCCCCOCC(COC(=O)C=C)(COC(=O)C=C)COC(=O)C=C)c1=O)(COC(=O)C=C)COC(=O)C=C.N=C=O.N=C=O. The molecule has 1 aromatic rings. The van der Waals surface area contributed by atoms with Crippen molar-refractivity contribution in [1.82, 2.24) is 19.0 Å². The molecule has 1 heterocycles. The highest BCUT2D eigenvalue weighted by Gasteiger charge is 2.39. The van der Waals surface area contributed by atoms with Crippen LogP contribution in [0.2, 0.25) is 0 Å². The molecule has 1 rings (SSSR count). The van der Waals surface area contributed by atoms with Gasteiger partial charge in [0.05, 0.1) is 24.0 Å². The van der Waals surface area contributed by atoms with Crippen LogP contribution in [0.3, 0.4) is 0 Å². The Morgan fingerprint density at radius 1 is 0.323 bits per heavy atom. The number of rotatable bonds is 54. The van der Waals surface area contributed by atoms with Crippen molar-refractivity contribution in [3.8, 4) is 0 Å². The Labute approximate surface area is 571 Å². The van der Waals surface area contributed by atoms with E-state index in [1.807, 2.05) is 0 Å². The van der Waals surface area contributed by atoms with Gasteiger partial charge in [-0.05, 0) is 38.5 Å². The molecule has 0 aliphatic rings. The Balaban J connectivity index is 0. The van der Waals surface area contributed by atoms with Crippen molar-refractivity contribution in [2.75, 3.05) is 99.0 Å². The van der Waals surface area contributed by atoms with Crippen molar-refractivity contribution in [3.63, 3.8) is 0 Å². The quantitative estimate of drug-likeness (QED) is 0.0208. The molecule has 0 aromatic carbocycles. The zero-order chi connectivity index (χ0) is 74.9. The fourth-order valence-electron chi connectivity index (χ4n) is 8.00. The van der Waals surface area contributed by atoms with E-state index in [0.717, 1.165) is 80.5 Å². The predicted molar refractivity (Wildman–Crippen MR) is 350 cm³/mol. The fraction of sp³-hybridized carbons (Fsp3) is 0.500. The van der Waals surface area contributed by atoms with Gasteiger partial charge in [-0.3, -0.25) is 0 Å². The molecule has 33 heteroatoms. The number of ether oxygens (including phenoxy) is 12. The van der Waals surface area contributed by atoms with Gasteiger partial charge >= 0.3 is 76.9 Å². The number of carbonyl (C=O) groups is 10. The van der Waals surface area contributed by atoms with Crippen LogP contribution in [0.4, 0.5) is 4.79 Å². The van der Waals surface area contributed by atoms with Crippen LogP contribution in [-0.4, -0.2) is 185 Å². The molecule has 0 radical (unpaired) electrons.